The molecule has 76 valence electrons. The molecule has 0 unspecified atom stereocenters. The summed E-state index contributed by atoms with van der Waals surface area (Å²) in [7, 11) is 0. The van der Waals surface area contributed by atoms with Gasteiger partial charge in [-0.2, -0.15) is 0 Å². The van der Waals surface area contributed by atoms with Crippen LogP contribution in [-0.2, 0) is 9.53 Å². The monoisotopic (exact) mass is 184 g/mol. The SMILES string of the molecule is C=CC(=O)C(C)(C)COCCCC. The van der Waals surface area contributed by atoms with E-state index < -0.39 is 5.41 Å². The van der Waals surface area contributed by atoms with Gasteiger partial charge in [-0.15, -0.1) is 0 Å². The van der Waals surface area contributed by atoms with Gasteiger partial charge in [0.1, 0.15) is 0 Å². The molecule has 13 heavy (non-hydrogen) atoms. The van der Waals surface area contributed by atoms with Crippen LogP contribution >= 0.6 is 0 Å². The van der Waals surface area contributed by atoms with E-state index in [0.717, 1.165) is 19.4 Å². The first-order valence-electron chi connectivity index (χ1n) is 4.79. The topological polar surface area (TPSA) is 26.3 Å². The van der Waals surface area contributed by atoms with Crippen molar-refractivity contribution in [1.82, 2.24) is 0 Å². The number of ether oxygens (including phenoxy) is 1. The molecule has 0 aliphatic heterocycles. The highest BCUT2D eigenvalue weighted by atomic mass is 16.5. The molecule has 0 aliphatic carbocycles. The number of unbranched alkanes of at least 4 members (excludes halogenated alkanes) is 1. The van der Waals surface area contributed by atoms with Crippen molar-refractivity contribution in [2.24, 2.45) is 5.41 Å². The molecule has 0 spiro atoms. The Morgan fingerprint density at radius 1 is 1.54 bits per heavy atom. The van der Waals surface area contributed by atoms with Crippen LogP contribution in [0.25, 0.3) is 0 Å². The van der Waals surface area contributed by atoms with Gasteiger partial charge in [0, 0.05) is 6.61 Å². The molecule has 0 saturated heterocycles. The van der Waals surface area contributed by atoms with Crippen molar-refractivity contribution in [3.05, 3.63) is 12.7 Å². The number of ketones is 1. The lowest BCUT2D eigenvalue weighted by Gasteiger charge is -2.20. The number of carbonyl (C=O) groups excluding carboxylic acids is 1. The second-order valence-corrected chi connectivity index (χ2v) is 3.86. The zero-order valence-corrected chi connectivity index (χ0v) is 8.93. The van der Waals surface area contributed by atoms with Crippen LogP contribution in [0.15, 0.2) is 12.7 Å². The third-order valence-corrected chi connectivity index (χ3v) is 1.96. The predicted octanol–water partition coefficient (Wildman–Crippen LogP) is 2.58. The van der Waals surface area contributed by atoms with Crippen LogP contribution in [0.1, 0.15) is 33.6 Å². The Morgan fingerprint density at radius 2 is 2.15 bits per heavy atom. The van der Waals surface area contributed by atoms with Crippen molar-refractivity contribution in [3.8, 4) is 0 Å². The molecule has 0 aromatic carbocycles. The molecule has 0 amide bonds. The molecule has 0 aromatic heterocycles. The van der Waals surface area contributed by atoms with Gasteiger partial charge in [0.25, 0.3) is 0 Å². The van der Waals surface area contributed by atoms with E-state index in [1.807, 2.05) is 13.8 Å². The minimum absolute atomic E-state index is 0.0454. The summed E-state index contributed by atoms with van der Waals surface area (Å²) < 4.78 is 5.39. The Kier molecular flexibility index (Phi) is 5.63. The molecule has 2 nitrogen and oxygen atoms in total. The quantitative estimate of drug-likeness (QED) is 0.449. The van der Waals surface area contributed by atoms with Gasteiger partial charge >= 0.3 is 0 Å². The van der Waals surface area contributed by atoms with Crippen LogP contribution in [0.2, 0.25) is 0 Å². The fourth-order valence-electron chi connectivity index (χ4n) is 0.921. The second-order valence-electron chi connectivity index (χ2n) is 3.86. The summed E-state index contributed by atoms with van der Waals surface area (Å²) in [5.74, 6) is 0.0454. The maximum atomic E-state index is 11.3. The van der Waals surface area contributed by atoms with E-state index in [1.54, 1.807) is 0 Å². The minimum atomic E-state index is -0.421. The fourth-order valence-corrected chi connectivity index (χ4v) is 0.921. The van der Waals surface area contributed by atoms with Gasteiger partial charge in [-0.25, -0.2) is 0 Å². The molecule has 0 aliphatic rings. The van der Waals surface area contributed by atoms with Crippen LogP contribution in [0.4, 0.5) is 0 Å². The van der Waals surface area contributed by atoms with E-state index >= 15 is 0 Å². The van der Waals surface area contributed by atoms with E-state index in [-0.39, 0.29) is 5.78 Å². The molecule has 0 aromatic rings. The Morgan fingerprint density at radius 3 is 2.62 bits per heavy atom. The standard InChI is InChI=1S/C11H20O2/c1-5-7-8-13-9-11(3,4)10(12)6-2/h6H,2,5,7-9H2,1,3-4H3. The van der Waals surface area contributed by atoms with Crippen molar-refractivity contribution >= 4 is 5.78 Å². The normalized spacial score (nSPS) is 11.3. The summed E-state index contributed by atoms with van der Waals surface area (Å²) >= 11 is 0. The van der Waals surface area contributed by atoms with Crippen molar-refractivity contribution in [2.45, 2.75) is 33.6 Å². The number of allylic oxidation sites excluding steroid dienone is 1. The van der Waals surface area contributed by atoms with Gasteiger partial charge in [0.2, 0.25) is 0 Å². The van der Waals surface area contributed by atoms with Crippen molar-refractivity contribution < 1.29 is 9.53 Å². The Balaban J connectivity index is 3.75. The van der Waals surface area contributed by atoms with Crippen LogP contribution in [0.5, 0.6) is 0 Å². The fraction of sp³-hybridized carbons (Fsp3) is 0.727. The van der Waals surface area contributed by atoms with E-state index in [1.165, 1.54) is 6.08 Å². The first kappa shape index (κ1) is 12.4. The van der Waals surface area contributed by atoms with Gasteiger partial charge in [0.05, 0.1) is 12.0 Å². The zero-order valence-electron chi connectivity index (χ0n) is 8.93. The summed E-state index contributed by atoms with van der Waals surface area (Å²) in [6, 6.07) is 0. The number of carbonyl (C=O) groups is 1. The third kappa shape index (κ3) is 4.83. The summed E-state index contributed by atoms with van der Waals surface area (Å²) in [6.07, 6.45) is 3.54. The molecule has 0 atom stereocenters. The first-order valence-corrected chi connectivity index (χ1v) is 4.79. The average Bonchev–Trinajstić information content (AvgIpc) is 2.11. The third-order valence-electron chi connectivity index (χ3n) is 1.96. The highest BCUT2D eigenvalue weighted by Gasteiger charge is 2.24. The molecule has 0 fully saturated rings. The second kappa shape index (κ2) is 5.92. The van der Waals surface area contributed by atoms with Crippen LogP contribution in [0, 0.1) is 5.41 Å². The Hall–Kier alpha value is -0.630. The van der Waals surface area contributed by atoms with E-state index in [9.17, 15) is 4.79 Å². The lowest BCUT2D eigenvalue weighted by molar-refractivity contribution is -0.125. The van der Waals surface area contributed by atoms with Gasteiger partial charge in [-0.05, 0) is 12.5 Å². The summed E-state index contributed by atoms with van der Waals surface area (Å²) in [5, 5.41) is 0. The Labute approximate surface area is 81.0 Å². The highest BCUT2D eigenvalue weighted by Crippen LogP contribution is 2.17. The van der Waals surface area contributed by atoms with Crippen molar-refractivity contribution in [3.63, 3.8) is 0 Å². The molecule has 0 saturated carbocycles. The van der Waals surface area contributed by atoms with E-state index in [4.69, 9.17) is 4.74 Å². The number of hydrogen-bond donors (Lipinski definition) is 0. The highest BCUT2D eigenvalue weighted by molar-refractivity contribution is 5.93. The van der Waals surface area contributed by atoms with E-state index in [0.29, 0.717) is 6.61 Å². The molecule has 2 heteroatoms. The molecule has 0 rings (SSSR count). The lowest BCUT2D eigenvalue weighted by atomic mass is 9.89. The smallest absolute Gasteiger partial charge is 0.162 e. The number of rotatable bonds is 7. The Bertz CT molecular complexity index is 171. The first-order chi connectivity index (χ1) is 6.04. The maximum Gasteiger partial charge on any atom is 0.162 e. The molecule has 0 heterocycles. The van der Waals surface area contributed by atoms with Gasteiger partial charge < -0.3 is 4.74 Å². The summed E-state index contributed by atoms with van der Waals surface area (Å²) in [6.45, 7) is 10.6. The van der Waals surface area contributed by atoms with Crippen molar-refractivity contribution in [1.29, 1.82) is 0 Å². The molecule has 0 radical (unpaired) electrons. The zero-order chi connectivity index (χ0) is 10.3. The van der Waals surface area contributed by atoms with Gasteiger partial charge in [-0.1, -0.05) is 33.8 Å². The van der Waals surface area contributed by atoms with E-state index in [2.05, 4.69) is 13.5 Å². The molecular weight excluding hydrogens is 164 g/mol. The molecule has 0 bridgehead atoms. The average molecular weight is 184 g/mol. The molecule has 0 N–H and O–H groups in total. The number of hydrogen-bond acceptors (Lipinski definition) is 2. The van der Waals surface area contributed by atoms with Crippen LogP contribution in [-0.4, -0.2) is 19.0 Å². The van der Waals surface area contributed by atoms with Crippen LogP contribution < -0.4 is 0 Å². The van der Waals surface area contributed by atoms with Crippen LogP contribution in [0.3, 0.4) is 0 Å². The predicted molar refractivity (Wildman–Crippen MR) is 54.7 cm³/mol. The van der Waals surface area contributed by atoms with Gasteiger partial charge in [0.15, 0.2) is 5.78 Å². The van der Waals surface area contributed by atoms with Crippen molar-refractivity contribution in [2.75, 3.05) is 13.2 Å². The lowest BCUT2D eigenvalue weighted by Crippen LogP contribution is -2.28. The summed E-state index contributed by atoms with van der Waals surface area (Å²) in [4.78, 5) is 11.3. The maximum absolute atomic E-state index is 11.3. The summed E-state index contributed by atoms with van der Waals surface area (Å²) in [5.41, 5.74) is -0.421. The molecular formula is C11H20O2. The minimum Gasteiger partial charge on any atom is -0.380 e. The largest absolute Gasteiger partial charge is 0.380 e. The van der Waals surface area contributed by atoms with Gasteiger partial charge in [-0.3, -0.25) is 4.79 Å².